The van der Waals surface area contributed by atoms with Crippen molar-refractivity contribution in [2.24, 2.45) is 0 Å². The minimum atomic E-state index is -0.198. The molecule has 0 aromatic heterocycles. The molecule has 0 fully saturated rings. The first-order valence-electron chi connectivity index (χ1n) is 6.47. The second-order valence-electron chi connectivity index (χ2n) is 4.74. The van der Waals surface area contributed by atoms with E-state index in [1.165, 1.54) is 0 Å². The Morgan fingerprint density at radius 2 is 2.11 bits per heavy atom. The Hall–Kier alpha value is -1.87. The fraction of sp³-hybridized carbons (Fsp3) is 0.250. The van der Waals surface area contributed by atoms with Crippen LogP contribution in [0.4, 0.5) is 4.39 Å². The zero-order valence-corrected chi connectivity index (χ0v) is 10.9. The summed E-state index contributed by atoms with van der Waals surface area (Å²) in [7, 11) is 1.85. The molecule has 19 heavy (non-hydrogen) atoms. The Morgan fingerprint density at radius 1 is 1.21 bits per heavy atom. The van der Waals surface area contributed by atoms with E-state index in [2.05, 4.69) is 5.32 Å². The van der Waals surface area contributed by atoms with E-state index >= 15 is 0 Å². The van der Waals surface area contributed by atoms with E-state index in [1.54, 1.807) is 6.07 Å². The van der Waals surface area contributed by atoms with Crippen LogP contribution in [0.5, 0.6) is 5.75 Å². The highest BCUT2D eigenvalue weighted by molar-refractivity contribution is 5.73. The molecule has 2 aromatic carbocycles. The highest BCUT2D eigenvalue weighted by Crippen LogP contribution is 2.37. The number of nitrogens with one attached hydrogen (secondary N) is 1. The first-order chi connectivity index (χ1) is 9.29. The summed E-state index contributed by atoms with van der Waals surface area (Å²) in [6.45, 7) is 1.35. The molecule has 3 heteroatoms. The summed E-state index contributed by atoms with van der Waals surface area (Å²) in [5.41, 5.74) is 3.57. The third-order valence-corrected chi connectivity index (χ3v) is 3.42. The first-order valence-corrected chi connectivity index (χ1v) is 6.47. The van der Waals surface area contributed by atoms with Gasteiger partial charge in [0.15, 0.2) is 0 Å². The van der Waals surface area contributed by atoms with E-state index in [9.17, 15) is 4.39 Å². The van der Waals surface area contributed by atoms with E-state index in [-0.39, 0.29) is 5.82 Å². The lowest BCUT2D eigenvalue weighted by Gasteiger charge is -2.10. The molecule has 0 bridgehead atoms. The average molecular weight is 257 g/mol. The minimum absolute atomic E-state index is 0.198. The normalized spacial score (nSPS) is 13.2. The highest BCUT2D eigenvalue weighted by Gasteiger charge is 2.18. The number of rotatable bonds is 3. The monoisotopic (exact) mass is 257 g/mol. The molecule has 0 spiro atoms. The largest absolute Gasteiger partial charge is 0.492 e. The number of hydrogen-bond acceptors (Lipinski definition) is 2. The van der Waals surface area contributed by atoms with Crippen LogP contribution in [0.1, 0.15) is 11.1 Å². The predicted octanol–water partition coefficient (Wildman–Crippen LogP) is 3.15. The molecule has 0 atom stereocenters. The van der Waals surface area contributed by atoms with E-state index in [1.807, 2.05) is 37.4 Å². The lowest BCUT2D eigenvalue weighted by molar-refractivity contribution is 0.358. The molecule has 2 aromatic rings. The van der Waals surface area contributed by atoms with Crippen LogP contribution in [-0.2, 0) is 13.0 Å². The van der Waals surface area contributed by atoms with Crippen molar-refractivity contribution in [3.63, 3.8) is 0 Å². The molecular formula is C16H16FNO. The van der Waals surface area contributed by atoms with E-state index in [0.717, 1.165) is 28.9 Å². The SMILES string of the molecule is CNCc1ccc(-c2cccc3c2OCC3)c(F)c1. The van der Waals surface area contributed by atoms with E-state index < -0.39 is 0 Å². The number of benzene rings is 2. The van der Waals surface area contributed by atoms with Crippen molar-refractivity contribution in [2.75, 3.05) is 13.7 Å². The molecule has 3 rings (SSSR count). The molecule has 0 unspecified atom stereocenters. The van der Waals surface area contributed by atoms with Crippen molar-refractivity contribution in [2.45, 2.75) is 13.0 Å². The fourth-order valence-electron chi connectivity index (χ4n) is 2.52. The number of para-hydroxylation sites is 1. The molecule has 0 saturated carbocycles. The third-order valence-electron chi connectivity index (χ3n) is 3.42. The van der Waals surface area contributed by atoms with Gasteiger partial charge in [-0.2, -0.15) is 0 Å². The topological polar surface area (TPSA) is 21.3 Å². The Labute approximate surface area is 112 Å². The minimum Gasteiger partial charge on any atom is -0.492 e. The third kappa shape index (κ3) is 2.22. The highest BCUT2D eigenvalue weighted by atomic mass is 19.1. The molecule has 0 amide bonds. The van der Waals surface area contributed by atoms with E-state index in [0.29, 0.717) is 18.7 Å². The fourth-order valence-corrected chi connectivity index (χ4v) is 2.52. The predicted molar refractivity (Wildman–Crippen MR) is 73.8 cm³/mol. The summed E-state index contributed by atoms with van der Waals surface area (Å²) >= 11 is 0. The van der Waals surface area contributed by atoms with Crippen molar-refractivity contribution in [3.05, 3.63) is 53.3 Å². The molecule has 1 N–H and O–H groups in total. The first kappa shape index (κ1) is 12.2. The Bertz CT molecular complexity index is 610. The summed E-state index contributed by atoms with van der Waals surface area (Å²) in [5, 5.41) is 3.02. The van der Waals surface area contributed by atoms with Crippen molar-refractivity contribution in [1.82, 2.24) is 5.32 Å². The van der Waals surface area contributed by atoms with Crippen LogP contribution in [0.15, 0.2) is 36.4 Å². The van der Waals surface area contributed by atoms with Crippen molar-refractivity contribution in [1.29, 1.82) is 0 Å². The van der Waals surface area contributed by atoms with Crippen LogP contribution < -0.4 is 10.1 Å². The van der Waals surface area contributed by atoms with Gasteiger partial charge in [-0.05, 0) is 24.2 Å². The van der Waals surface area contributed by atoms with Gasteiger partial charge in [0.2, 0.25) is 0 Å². The zero-order chi connectivity index (χ0) is 13.2. The van der Waals surface area contributed by atoms with Gasteiger partial charge in [-0.25, -0.2) is 4.39 Å². The lowest BCUT2D eigenvalue weighted by Crippen LogP contribution is -2.05. The van der Waals surface area contributed by atoms with Gasteiger partial charge in [-0.3, -0.25) is 0 Å². The number of fused-ring (bicyclic) bond motifs is 1. The van der Waals surface area contributed by atoms with Crippen LogP contribution in [-0.4, -0.2) is 13.7 Å². The molecular weight excluding hydrogens is 241 g/mol. The second kappa shape index (κ2) is 5.02. The molecule has 98 valence electrons. The summed E-state index contributed by atoms with van der Waals surface area (Å²) in [6, 6.07) is 11.3. The molecule has 0 aliphatic carbocycles. The van der Waals surface area contributed by atoms with Gasteiger partial charge in [-0.15, -0.1) is 0 Å². The zero-order valence-electron chi connectivity index (χ0n) is 10.9. The summed E-state index contributed by atoms with van der Waals surface area (Å²) in [4.78, 5) is 0. The molecule has 0 radical (unpaired) electrons. The van der Waals surface area contributed by atoms with Crippen molar-refractivity contribution >= 4 is 0 Å². The van der Waals surface area contributed by atoms with Gasteiger partial charge >= 0.3 is 0 Å². The molecule has 1 aliphatic rings. The molecule has 1 aliphatic heterocycles. The summed E-state index contributed by atoms with van der Waals surface area (Å²) in [5.74, 6) is 0.638. The van der Waals surface area contributed by atoms with Gasteiger partial charge < -0.3 is 10.1 Å². The average Bonchev–Trinajstić information content (AvgIpc) is 2.88. The van der Waals surface area contributed by atoms with Gasteiger partial charge in [0.05, 0.1) is 6.61 Å². The van der Waals surface area contributed by atoms with Crippen LogP contribution in [0, 0.1) is 5.82 Å². The van der Waals surface area contributed by atoms with Crippen LogP contribution >= 0.6 is 0 Å². The number of halogens is 1. The Balaban J connectivity index is 2.05. The summed E-state index contributed by atoms with van der Waals surface area (Å²) in [6.07, 6.45) is 0.905. The smallest absolute Gasteiger partial charge is 0.131 e. The number of ether oxygens (including phenoxy) is 1. The molecule has 2 nitrogen and oxygen atoms in total. The van der Waals surface area contributed by atoms with Gasteiger partial charge in [0, 0.05) is 24.1 Å². The standard InChI is InChI=1S/C16H16FNO/c1-18-10-11-5-6-13(15(17)9-11)14-4-2-3-12-7-8-19-16(12)14/h2-6,9,18H,7-8,10H2,1H3. The van der Waals surface area contributed by atoms with Crippen LogP contribution in [0.2, 0.25) is 0 Å². The molecule has 0 saturated heterocycles. The maximum Gasteiger partial charge on any atom is 0.131 e. The van der Waals surface area contributed by atoms with Crippen molar-refractivity contribution in [3.8, 4) is 16.9 Å². The number of hydrogen-bond donors (Lipinski definition) is 1. The second-order valence-corrected chi connectivity index (χ2v) is 4.74. The summed E-state index contributed by atoms with van der Waals surface area (Å²) < 4.78 is 19.9. The molecule has 1 heterocycles. The maximum absolute atomic E-state index is 14.2. The Morgan fingerprint density at radius 3 is 2.89 bits per heavy atom. The van der Waals surface area contributed by atoms with Gasteiger partial charge in [-0.1, -0.05) is 30.3 Å². The maximum atomic E-state index is 14.2. The Kier molecular flexibility index (Phi) is 3.22. The lowest BCUT2D eigenvalue weighted by atomic mass is 9.99. The van der Waals surface area contributed by atoms with Crippen LogP contribution in [0.3, 0.4) is 0 Å². The van der Waals surface area contributed by atoms with Crippen molar-refractivity contribution < 1.29 is 9.13 Å². The quantitative estimate of drug-likeness (QED) is 0.912. The van der Waals surface area contributed by atoms with Gasteiger partial charge in [0.1, 0.15) is 11.6 Å². The van der Waals surface area contributed by atoms with E-state index in [4.69, 9.17) is 4.74 Å². The van der Waals surface area contributed by atoms with Gasteiger partial charge in [0.25, 0.3) is 0 Å². The van der Waals surface area contributed by atoms with Crippen LogP contribution in [0.25, 0.3) is 11.1 Å².